The molecule has 0 aliphatic rings. The molecule has 0 saturated heterocycles. The van der Waals surface area contributed by atoms with Crippen molar-refractivity contribution in [2.45, 2.75) is 12.5 Å². The Morgan fingerprint density at radius 3 is 2.54 bits per heavy atom. The molecule has 1 heterocycles. The fraction of sp³-hybridized carbons (Fsp3) is 0.263. The zero-order chi connectivity index (χ0) is 16.9. The summed E-state index contributed by atoms with van der Waals surface area (Å²) in [6.07, 6.45) is 0.434. The Hall–Kier alpha value is -2.66. The zero-order valence-electron chi connectivity index (χ0n) is 14.0. The summed E-state index contributed by atoms with van der Waals surface area (Å²) in [5.74, 6) is 0.838. The van der Waals surface area contributed by atoms with Crippen LogP contribution in [0.2, 0.25) is 0 Å². The van der Waals surface area contributed by atoms with Crippen LogP contribution < -0.4 is 10.6 Å². The second-order valence-corrected chi connectivity index (χ2v) is 5.78. The van der Waals surface area contributed by atoms with Crippen molar-refractivity contribution in [1.29, 1.82) is 0 Å². The lowest BCUT2D eigenvalue weighted by Crippen LogP contribution is -2.32. The van der Waals surface area contributed by atoms with Crippen LogP contribution in [0.4, 0.5) is 0 Å². The number of rotatable bonds is 6. The summed E-state index contributed by atoms with van der Waals surface area (Å²) in [5, 5.41) is 6.13. The van der Waals surface area contributed by atoms with Crippen LogP contribution in [0, 0.1) is 0 Å². The van der Waals surface area contributed by atoms with Crippen molar-refractivity contribution in [2.24, 2.45) is 7.05 Å². The number of para-hydroxylation sites is 2. The van der Waals surface area contributed by atoms with Gasteiger partial charge in [0.2, 0.25) is 5.91 Å². The van der Waals surface area contributed by atoms with Crippen LogP contribution in [-0.4, -0.2) is 29.1 Å². The van der Waals surface area contributed by atoms with Gasteiger partial charge in [-0.2, -0.15) is 0 Å². The first-order valence-electron chi connectivity index (χ1n) is 8.11. The van der Waals surface area contributed by atoms with Crippen molar-refractivity contribution in [2.75, 3.05) is 13.6 Å². The molecule has 0 aliphatic carbocycles. The number of nitrogens with zero attached hydrogens (tertiary/aromatic N) is 2. The molecule has 1 amide bonds. The summed E-state index contributed by atoms with van der Waals surface area (Å²) < 4.78 is 2.05. The number of hydrogen-bond acceptors (Lipinski definition) is 3. The number of nitrogens with one attached hydrogen (secondary N) is 2. The fourth-order valence-electron chi connectivity index (χ4n) is 2.84. The number of fused-ring (bicyclic) bond motifs is 1. The molecule has 2 N–H and O–H groups in total. The van der Waals surface area contributed by atoms with Crippen LogP contribution in [0.1, 0.15) is 23.9 Å². The quantitative estimate of drug-likeness (QED) is 0.732. The molecule has 3 rings (SSSR count). The molecule has 0 spiro atoms. The molecule has 2 aromatic carbocycles. The molecule has 0 aliphatic heterocycles. The molecule has 0 fully saturated rings. The number of benzene rings is 2. The van der Waals surface area contributed by atoms with Gasteiger partial charge in [-0.05, 0) is 24.7 Å². The number of aromatic nitrogens is 2. The summed E-state index contributed by atoms with van der Waals surface area (Å²) in [7, 11) is 3.83. The molecule has 0 bridgehead atoms. The number of aryl methyl sites for hydroxylation is 1. The summed E-state index contributed by atoms with van der Waals surface area (Å²) in [6.45, 7) is 0.649. The minimum Gasteiger partial charge on any atom is -0.342 e. The van der Waals surface area contributed by atoms with Crippen molar-refractivity contribution in [3.63, 3.8) is 0 Å². The molecule has 24 heavy (non-hydrogen) atoms. The number of amides is 1. The van der Waals surface area contributed by atoms with Crippen LogP contribution in [0.15, 0.2) is 54.6 Å². The Morgan fingerprint density at radius 2 is 1.83 bits per heavy atom. The highest BCUT2D eigenvalue weighted by Crippen LogP contribution is 2.25. The smallest absolute Gasteiger partial charge is 0.222 e. The standard InChI is InChI=1S/C19H22N4O/c1-20-13-12-17(24)22-18(14-8-4-3-5-9-14)19-21-15-10-6-7-11-16(15)23(19)2/h3-11,18,20H,12-13H2,1-2H3,(H,22,24). The molecule has 5 nitrogen and oxygen atoms in total. The average molecular weight is 322 g/mol. The Kier molecular flexibility index (Phi) is 4.91. The third-order valence-electron chi connectivity index (χ3n) is 4.12. The van der Waals surface area contributed by atoms with E-state index in [4.69, 9.17) is 4.98 Å². The van der Waals surface area contributed by atoms with E-state index in [1.165, 1.54) is 0 Å². The van der Waals surface area contributed by atoms with Gasteiger partial charge in [-0.3, -0.25) is 4.79 Å². The lowest BCUT2D eigenvalue weighted by atomic mass is 10.1. The van der Waals surface area contributed by atoms with Crippen molar-refractivity contribution < 1.29 is 4.79 Å². The predicted molar refractivity (Wildman–Crippen MR) is 95.7 cm³/mol. The van der Waals surface area contributed by atoms with E-state index in [9.17, 15) is 4.79 Å². The highest BCUT2D eigenvalue weighted by Gasteiger charge is 2.22. The minimum atomic E-state index is -0.270. The first kappa shape index (κ1) is 16.2. The van der Waals surface area contributed by atoms with Gasteiger partial charge in [-0.15, -0.1) is 0 Å². The molecule has 1 atom stereocenters. The van der Waals surface area contributed by atoms with Crippen LogP contribution >= 0.6 is 0 Å². The predicted octanol–water partition coefficient (Wildman–Crippen LogP) is 2.39. The Labute approximate surface area is 141 Å². The highest BCUT2D eigenvalue weighted by molar-refractivity contribution is 5.78. The van der Waals surface area contributed by atoms with E-state index in [-0.39, 0.29) is 11.9 Å². The van der Waals surface area contributed by atoms with Gasteiger partial charge in [0.25, 0.3) is 0 Å². The van der Waals surface area contributed by atoms with Crippen LogP contribution in [0.3, 0.4) is 0 Å². The molecular weight excluding hydrogens is 300 g/mol. The summed E-state index contributed by atoms with van der Waals surface area (Å²) >= 11 is 0. The molecular formula is C19H22N4O. The van der Waals surface area contributed by atoms with E-state index in [0.717, 1.165) is 22.4 Å². The van der Waals surface area contributed by atoms with E-state index in [1.54, 1.807) is 0 Å². The molecule has 0 radical (unpaired) electrons. The Balaban J connectivity index is 2.00. The molecule has 3 aromatic rings. The summed E-state index contributed by atoms with van der Waals surface area (Å²) in [6, 6.07) is 17.7. The number of hydrogen-bond donors (Lipinski definition) is 2. The Bertz CT molecular complexity index is 826. The van der Waals surface area contributed by atoms with Crippen LogP contribution in [-0.2, 0) is 11.8 Å². The van der Waals surface area contributed by atoms with Gasteiger partial charge in [0.05, 0.1) is 11.0 Å². The van der Waals surface area contributed by atoms with Crippen LogP contribution in [0.25, 0.3) is 11.0 Å². The molecule has 5 heteroatoms. The first-order chi connectivity index (χ1) is 11.7. The van der Waals surface area contributed by atoms with E-state index < -0.39 is 0 Å². The third-order valence-corrected chi connectivity index (χ3v) is 4.12. The number of carbonyl (C=O) groups excluding carboxylic acids is 1. The van der Waals surface area contributed by atoms with Crippen molar-refractivity contribution in [1.82, 2.24) is 20.2 Å². The second kappa shape index (κ2) is 7.27. The van der Waals surface area contributed by atoms with Crippen molar-refractivity contribution in [3.05, 3.63) is 66.0 Å². The maximum atomic E-state index is 12.3. The van der Waals surface area contributed by atoms with E-state index in [2.05, 4.69) is 10.6 Å². The van der Waals surface area contributed by atoms with Gasteiger partial charge >= 0.3 is 0 Å². The van der Waals surface area contributed by atoms with E-state index >= 15 is 0 Å². The maximum absolute atomic E-state index is 12.3. The average Bonchev–Trinajstić information content (AvgIpc) is 2.95. The fourth-order valence-corrected chi connectivity index (χ4v) is 2.84. The molecule has 1 unspecified atom stereocenters. The topological polar surface area (TPSA) is 59.0 Å². The monoisotopic (exact) mass is 322 g/mol. The lowest BCUT2D eigenvalue weighted by Gasteiger charge is -2.19. The van der Waals surface area contributed by atoms with E-state index in [1.807, 2.05) is 73.3 Å². The summed E-state index contributed by atoms with van der Waals surface area (Å²) in [5.41, 5.74) is 3.01. The highest BCUT2D eigenvalue weighted by atomic mass is 16.1. The number of carbonyl (C=O) groups is 1. The largest absolute Gasteiger partial charge is 0.342 e. The number of imidazole rings is 1. The second-order valence-electron chi connectivity index (χ2n) is 5.78. The normalized spacial score (nSPS) is 12.2. The van der Waals surface area contributed by atoms with Gasteiger partial charge < -0.3 is 15.2 Å². The van der Waals surface area contributed by atoms with E-state index in [0.29, 0.717) is 13.0 Å². The van der Waals surface area contributed by atoms with Crippen LogP contribution in [0.5, 0.6) is 0 Å². The zero-order valence-corrected chi connectivity index (χ0v) is 14.0. The van der Waals surface area contributed by atoms with Gasteiger partial charge in [0, 0.05) is 20.0 Å². The first-order valence-corrected chi connectivity index (χ1v) is 8.11. The lowest BCUT2D eigenvalue weighted by molar-refractivity contribution is -0.121. The van der Waals surface area contributed by atoms with Crippen molar-refractivity contribution >= 4 is 16.9 Å². The van der Waals surface area contributed by atoms with Gasteiger partial charge in [0.1, 0.15) is 11.9 Å². The SMILES string of the molecule is CNCCC(=O)NC(c1ccccc1)c1nc2ccccc2n1C. The minimum absolute atomic E-state index is 0.00487. The van der Waals surface area contributed by atoms with Crippen molar-refractivity contribution in [3.8, 4) is 0 Å². The molecule has 0 saturated carbocycles. The van der Waals surface area contributed by atoms with Gasteiger partial charge in [-0.1, -0.05) is 42.5 Å². The van der Waals surface area contributed by atoms with Gasteiger partial charge in [0.15, 0.2) is 0 Å². The molecule has 124 valence electrons. The Morgan fingerprint density at radius 1 is 1.12 bits per heavy atom. The van der Waals surface area contributed by atoms with Gasteiger partial charge in [-0.25, -0.2) is 4.98 Å². The molecule has 1 aromatic heterocycles. The maximum Gasteiger partial charge on any atom is 0.222 e. The third kappa shape index (κ3) is 3.31. The summed E-state index contributed by atoms with van der Waals surface area (Å²) in [4.78, 5) is 17.1.